The number of rotatable bonds is 5. The molecule has 0 amide bonds. The highest BCUT2D eigenvalue weighted by atomic mass is 16.5. The number of methoxy groups -OCH3 is 1. The van der Waals surface area contributed by atoms with Gasteiger partial charge in [0.1, 0.15) is 12.1 Å². The zero-order chi connectivity index (χ0) is 17.2. The zero-order valence-electron chi connectivity index (χ0n) is 14.3. The molecule has 2 aromatic heterocycles. The number of piperidine rings is 1. The quantitative estimate of drug-likeness (QED) is 0.880. The van der Waals surface area contributed by atoms with Crippen LogP contribution in [-0.4, -0.2) is 45.8 Å². The molecule has 1 aliphatic heterocycles. The van der Waals surface area contributed by atoms with E-state index in [0.717, 1.165) is 44.6 Å². The summed E-state index contributed by atoms with van der Waals surface area (Å²) in [6.07, 6.45) is 9.07. The minimum absolute atomic E-state index is 0.0388. The first kappa shape index (κ1) is 15.9. The lowest BCUT2D eigenvalue weighted by Gasteiger charge is -2.33. The number of hydrogen-bond acceptors (Lipinski definition) is 7. The number of nitrogens with one attached hydrogen (secondary N) is 1. The molecule has 2 aliphatic rings. The molecule has 4 rings (SSSR count). The van der Waals surface area contributed by atoms with E-state index < -0.39 is 0 Å². The van der Waals surface area contributed by atoms with Crippen molar-refractivity contribution in [2.45, 2.75) is 37.8 Å². The van der Waals surface area contributed by atoms with E-state index in [0.29, 0.717) is 23.8 Å². The first-order chi connectivity index (χ1) is 12.2. The van der Waals surface area contributed by atoms with Crippen LogP contribution in [0.1, 0.15) is 31.7 Å². The molecule has 25 heavy (non-hydrogen) atoms. The SMILES string of the molecule is COc1cc(NC2CCN(c3nccn(C4CC4)c3=O)CC2)ncn1. The van der Waals surface area contributed by atoms with Gasteiger partial charge in [0.25, 0.3) is 5.56 Å². The van der Waals surface area contributed by atoms with Crippen LogP contribution in [-0.2, 0) is 0 Å². The van der Waals surface area contributed by atoms with Crippen LogP contribution in [0.3, 0.4) is 0 Å². The molecule has 132 valence electrons. The number of ether oxygens (including phenoxy) is 1. The average Bonchev–Trinajstić information content (AvgIpc) is 3.48. The van der Waals surface area contributed by atoms with Crippen LogP contribution in [0.2, 0.25) is 0 Å². The molecule has 0 unspecified atom stereocenters. The van der Waals surface area contributed by atoms with E-state index in [4.69, 9.17) is 4.74 Å². The third kappa shape index (κ3) is 3.42. The fourth-order valence-corrected chi connectivity index (χ4v) is 3.25. The molecular formula is C17H22N6O2. The third-order valence-electron chi connectivity index (χ3n) is 4.79. The minimum atomic E-state index is 0.0388. The highest BCUT2D eigenvalue weighted by Gasteiger charge is 2.28. The normalized spacial score (nSPS) is 18.2. The molecule has 1 aliphatic carbocycles. The Bertz CT molecular complexity index is 796. The molecule has 3 heterocycles. The molecule has 0 radical (unpaired) electrons. The lowest BCUT2D eigenvalue weighted by atomic mass is 10.1. The Hall–Kier alpha value is -2.64. The van der Waals surface area contributed by atoms with Gasteiger partial charge in [-0.25, -0.2) is 15.0 Å². The van der Waals surface area contributed by atoms with Crippen LogP contribution in [0.5, 0.6) is 5.88 Å². The highest BCUT2D eigenvalue weighted by Crippen LogP contribution is 2.33. The van der Waals surface area contributed by atoms with E-state index in [1.165, 1.54) is 6.33 Å². The summed E-state index contributed by atoms with van der Waals surface area (Å²) in [7, 11) is 1.59. The van der Waals surface area contributed by atoms with Crippen molar-refractivity contribution in [3.63, 3.8) is 0 Å². The van der Waals surface area contributed by atoms with Gasteiger partial charge in [0.15, 0.2) is 5.82 Å². The second kappa shape index (κ2) is 6.70. The van der Waals surface area contributed by atoms with Crippen molar-refractivity contribution in [2.24, 2.45) is 0 Å². The highest BCUT2D eigenvalue weighted by molar-refractivity contribution is 5.40. The predicted octanol–water partition coefficient (Wildman–Crippen LogP) is 1.46. The molecule has 1 N–H and O–H groups in total. The smallest absolute Gasteiger partial charge is 0.293 e. The molecule has 8 heteroatoms. The Balaban J connectivity index is 1.40. The van der Waals surface area contributed by atoms with E-state index in [1.807, 2.05) is 4.57 Å². The summed E-state index contributed by atoms with van der Waals surface area (Å²) in [5.41, 5.74) is 0.0388. The van der Waals surface area contributed by atoms with Crippen molar-refractivity contribution >= 4 is 11.6 Å². The van der Waals surface area contributed by atoms with Crippen LogP contribution in [0.15, 0.2) is 29.6 Å². The predicted molar refractivity (Wildman–Crippen MR) is 94.2 cm³/mol. The maximum absolute atomic E-state index is 12.6. The van der Waals surface area contributed by atoms with E-state index in [1.54, 1.807) is 25.6 Å². The van der Waals surface area contributed by atoms with E-state index in [-0.39, 0.29) is 5.56 Å². The first-order valence-electron chi connectivity index (χ1n) is 8.69. The summed E-state index contributed by atoms with van der Waals surface area (Å²) in [6.45, 7) is 1.60. The first-order valence-corrected chi connectivity index (χ1v) is 8.69. The fourth-order valence-electron chi connectivity index (χ4n) is 3.25. The molecule has 0 aromatic carbocycles. The third-order valence-corrected chi connectivity index (χ3v) is 4.79. The summed E-state index contributed by atoms with van der Waals surface area (Å²) in [6, 6.07) is 2.48. The zero-order valence-corrected chi connectivity index (χ0v) is 14.3. The number of aromatic nitrogens is 4. The van der Waals surface area contributed by atoms with Crippen LogP contribution >= 0.6 is 0 Å². The molecule has 1 saturated carbocycles. The van der Waals surface area contributed by atoms with Gasteiger partial charge in [0.05, 0.1) is 7.11 Å². The topological polar surface area (TPSA) is 85.2 Å². The minimum Gasteiger partial charge on any atom is -0.481 e. The van der Waals surface area contributed by atoms with Crippen molar-refractivity contribution in [2.75, 3.05) is 30.4 Å². The van der Waals surface area contributed by atoms with Crippen LogP contribution in [0, 0.1) is 0 Å². The molecule has 2 fully saturated rings. The molecule has 8 nitrogen and oxygen atoms in total. The van der Waals surface area contributed by atoms with Crippen molar-refractivity contribution < 1.29 is 4.74 Å². The Kier molecular flexibility index (Phi) is 4.25. The van der Waals surface area contributed by atoms with Gasteiger partial charge >= 0.3 is 0 Å². The Morgan fingerprint density at radius 2 is 1.96 bits per heavy atom. The number of nitrogens with zero attached hydrogens (tertiary/aromatic N) is 5. The fraction of sp³-hybridized carbons (Fsp3) is 0.529. The largest absolute Gasteiger partial charge is 0.481 e. The summed E-state index contributed by atoms with van der Waals surface area (Å²) < 4.78 is 6.96. The number of anilines is 2. The Morgan fingerprint density at radius 3 is 2.68 bits per heavy atom. The Morgan fingerprint density at radius 1 is 1.16 bits per heavy atom. The second-order valence-corrected chi connectivity index (χ2v) is 6.55. The van der Waals surface area contributed by atoms with Crippen LogP contribution < -0.4 is 20.5 Å². The van der Waals surface area contributed by atoms with Crippen molar-refractivity contribution in [3.05, 3.63) is 35.1 Å². The van der Waals surface area contributed by atoms with E-state index >= 15 is 0 Å². The van der Waals surface area contributed by atoms with Crippen molar-refractivity contribution in [1.29, 1.82) is 0 Å². The summed E-state index contributed by atoms with van der Waals surface area (Å²) in [5, 5.41) is 3.42. The van der Waals surface area contributed by atoms with Crippen molar-refractivity contribution in [1.82, 2.24) is 19.5 Å². The van der Waals surface area contributed by atoms with Gasteiger partial charge in [-0.3, -0.25) is 4.79 Å². The molecule has 2 aromatic rings. The monoisotopic (exact) mass is 342 g/mol. The summed E-state index contributed by atoms with van der Waals surface area (Å²) >= 11 is 0. The maximum atomic E-state index is 12.6. The van der Waals surface area contributed by atoms with Crippen LogP contribution in [0.4, 0.5) is 11.6 Å². The second-order valence-electron chi connectivity index (χ2n) is 6.55. The van der Waals surface area contributed by atoms with Gasteiger partial charge in [-0.2, -0.15) is 0 Å². The standard InChI is InChI=1S/C17H22N6O2/c1-25-15-10-14(19-11-20-15)21-12-4-7-22(8-5-12)16-17(24)23(9-6-18-16)13-2-3-13/h6,9-13H,2-5,7-8H2,1H3,(H,19,20,21). The summed E-state index contributed by atoms with van der Waals surface area (Å²) in [4.78, 5) is 27.3. The molecular weight excluding hydrogens is 320 g/mol. The van der Waals surface area contributed by atoms with E-state index in [9.17, 15) is 4.79 Å². The number of hydrogen-bond donors (Lipinski definition) is 1. The maximum Gasteiger partial charge on any atom is 0.293 e. The molecule has 0 spiro atoms. The average molecular weight is 342 g/mol. The van der Waals surface area contributed by atoms with Crippen LogP contribution in [0.25, 0.3) is 0 Å². The Labute approximate surface area is 145 Å². The van der Waals surface area contributed by atoms with E-state index in [2.05, 4.69) is 25.2 Å². The van der Waals surface area contributed by atoms with Gasteiger partial charge in [-0.05, 0) is 25.7 Å². The van der Waals surface area contributed by atoms with Gasteiger partial charge < -0.3 is 19.5 Å². The molecule has 0 atom stereocenters. The molecule has 1 saturated heterocycles. The van der Waals surface area contributed by atoms with Crippen molar-refractivity contribution in [3.8, 4) is 5.88 Å². The van der Waals surface area contributed by atoms with Gasteiger partial charge in [0, 0.05) is 43.6 Å². The molecule has 0 bridgehead atoms. The lowest BCUT2D eigenvalue weighted by Crippen LogP contribution is -2.42. The lowest BCUT2D eigenvalue weighted by molar-refractivity contribution is 0.397. The van der Waals surface area contributed by atoms with Gasteiger partial charge in [-0.1, -0.05) is 0 Å². The van der Waals surface area contributed by atoms with Gasteiger partial charge in [-0.15, -0.1) is 0 Å². The van der Waals surface area contributed by atoms with Gasteiger partial charge in [0.2, 0.25) is 5.88 Å². The summed E-state index contributed by atoms with van der Waals surface area (Å²) in [5.74, 6) is 1.89.